The summed E-state index contributed by atoms with van der Waals surface area (Å²) in [5.74, 6) is 0.0382. The minimum atomic E-state index is -4.60. The molecule has 0 aliphatic heterocycles. The van der Waals surface area contributed by atoms with Crippen LogP contribution in [0.2, 0.25) is 10.0 Å². The van der Waals surface area contributed by atoms with Gasteiger partial charge in [0.15, 0.2) is 5.69 Å². The van der Waals surface area contributed by atoms with E-state index < -0.39 is 11.7 Å². The molecule has 2 N–H and O–H groups in total. The fraction of sp³-hybridized carbons (Fsp3) is 0.0588. The molecule has 132 valence electrons. The monoisotopic (exact) mass is 396 g/mol. The fourth-order valence-electron chi connectivity index (χ4n) is 2.50. The molecule has 0 saturated heterocycles. The van der Waals surface area contributed by atoms with Crippen molar-refractivity contribution in [3.05, 3.63) is 63.8 Å². The van der Waals surface area contributed by atoms with Gasteiger partial charge in [-0.2, -0.15) is 23.5 Å². The van der Waals surface area contributed by atoms with E-state index in [4.69, 9.17) is 28.9 Å². The van der Waals surface area contributed by atoms with Crippen molar-refractivity contribution in [1.82, 2.24) is 9.78 Å². The highest BCUT2D eigenvalue weighted by atomic mass is 35.5. The Balaban J connectivity index is 2.24. The number of benzene rings is 2. The zero-order valence-electron chi connectivity index (χ0n) is 12.9. The van der Waals surface area contributed by atoms with Crippen LogP contribution in [-0.4, -0.2) is 9.78 Å². The fourth-order valence-corrected chi connectivity index (χ4v) is 3.15. The molecule has 4 nitrogen and oxygen atoms in total. The van der Waals surface area contributed by atoms with Gasteiger partial charge in [-0.15, -0.1) is 0 Å². The lowest BCUT2D eigenvalue weighted by Crippen LogP contribution is -2.08. The summed E-state index contributed by atoms with van der Waals surface area (Å²) in [4.78, 5) is 0. The van der Waals surface area contributed by atoms with Gasteiger partial charge in [0.2, 0.25) is 0 Å². The molecule has 1 aromatic heterocycles. The number of alkyl halides is 3. The number of nitrogen functional groups attached to an aromatic ring is 1. The first-order chi connectivity index (χ1) is 12.2. The van der Waals surface area contributed by atoms with Crippen molar-refractivity contribution >= 4 is 29.0 Å². The Labute approximate surface area is 156 Å². The van der Waals surface area contributed by atoms with Crippen LogP contribution in [0, 0.1) is 11.3 Å². The highest BCUT2D eigenvalue weighted by Crippen LogP contribution is 2.40. The summed E-state index contributed by atoms with van der Waals surface area (Å²) in [6.07, 6.45) is -4.60. The van der Waals surface area contributed by atoms with Crippen LogP contribution >= 0.6 is 23.2 Å². The highest BCUT2D eigenvalue weighted by Gasteiger charge is 2.33. The predicted molar refractivity (Wildman–Crippen MR) is 93.1 cm³/mol. The molecule has 0 atom stereocenters. The number of hydrogen-bond acceptors (Lipinski definition) is 3. The van der Waals surface area contributed by atoms with E-state index in [0.29, 0.717) is 11.1 Å². The number of aromatic nitrogens is 2. The van der Waals surface area contributed by atoms with Crippen LogP contribution in [0.4, 0.5) is 19.0 Å². The van der Waals surface area contributed by atoms with Crippen LogP contribution in [0.25, 0.3) is 16.8 Å². The SMILES string of the molecule is N#Cc1nn(-c2c(Cl)cc(C(F)(F)F)cc2Cl)c(N)c1-c1ccccc1. The molecular formula is C17H9Cl2F3N4. The predicted octanol–water partition coefficient (Wildman–Crippen LogP) is 5.32. The molecule has 0 aliphatic carbocycles. The smallest absolute Gasteiger partial charge is 0.383 e. The third-order valence-corrected chi connectivity index (χ3v) is 4.22. The van der Waals surface area contributed by atoms with E-state index in [1.54, 1.807) is 30.3 Å². The Kier molecular flexibility index (Phi) is 4.57. The van der Waals surface area contributed by atoms with Gasteiger partial charge in [-0.3, -0.25) is 0 Å². The van der Waals surface area contributed by atoms with Crippen molar-refractivity contribution < 1.29 is 13.2 Å². The normalized spacial score (nSPS) is 11.4. The summed E-state index contributed by atoms with van der Waals surface area (Å²) in [5, 5.41) is 12.8. The second-order valence-electron chi connectivity index (χ2n) is 5.28. The van der Waals surface area contributed by atoms with Crippen LogP contribution in [0.5, 0.6) is 0 Å². The van der Waals surface area contributed by atoms with E-state index in [9.17, 15) is 18.4 Å². The second kappa shape index (κ2) is 6.56. The van der Waals surface area contributed by atoms with E-state index >= 15 is 0 Å². The molecule has 0 aliphatic rings. The van der Waals surface area contributed by atoms with E-state index in [0.717, 1.165) is 16.8 Å². The lowest BCUT2D eigenvalue weighted by atomic mass is 10.1. The molecule has 0 radical (unpaired) electrons. The summed E-state index contributed by atoms with van der Waals surface area (Å²) in [6, 6.07) is 12.2. The molecule has 3 aromatic rings. The molecular weight excluding hydrogens is 388 g/mol. The molecule has 0 unspecified atom stereocenters. The Morgan fingerprint density at radius 1 is 1.08 bits per heavy atom. The zero-order chi connectivity index (χ0) is 19.1. The van der Waals surface area contributed by atoms with Gasteiger partial charge in [0, 0.05) is 0 Å². The maximum absolute atomic E-state index is 12.9. The molecule has 0 saturated carbocycles. The first-order valence-electron chi connectivity index (χ1n) is 7.14. The maximum atomic E-state index is 12.9. The van der Waals surface area contributed by atoms with Gasteiger partial charge in [-0.05, 0) is 17.7 Å². The van der Waals surface area contributed by atoms with Gasteiger partial charge >= 0.3 is 6.18 Å². The van der Waals surface area contributed by atoms with E-state index in [-0.39, 0.29) is 27.2 Å². The van der Waals surface area contributed by atoms with E-state index in [1.165, 1.54) is 0 Å². The molecule has 9 heteroatoms. The van der Waals surface area contributed by atoms with Gasteiger partial charge < -0.3 is 5.73 Å². The topological polar surface area (TPSA) is 67.6 Å². The lowest BCUT2D eigenvalue weighted by molar-refractivity contribution is -0.137. The van der Waals surface area contributed by atoms with Crippen molar-refractivity contribution in [3.63, 3.8) is 0 Å². The van der Waals surface area contributed by atoms with Gasteiger partial charge in [-0.1, -0.05) is 53.5 Å². The summed E-state index contributed by atoms with van der Waals surface area (Å²) < 4.78 is 39.8. The van der Waals surface area contributed by atoms with Crippen LogP contribution in [0.15, 0.2) is 42.5 Å². The highest BCUT2D eigenvalue weighted by molar-refractivity contribution is 6.38. The van der Waals surface area contributed by atoms with Crippen LogP contribution in [-0.2, 0) is 6.18 Å². The molecule has 0 fully saturated rings. The van der Waals surface area contributed by atoms with Crippen molar-refractivity contribution in [1.29, 1.82) is 5.26 Å². The molecule has 1 heterocycles. The molecule has 3 rings (SSSR count). The van der Waals surface area contributed by atoms with Crippen molar-refractivity contribution in [2.75, 3.05) is 5.73 Å². The average Bonchev–Trinajstić information content (AvgIpc) is 2.91. The van der Waals surface area contributed by atoms with Gasteiger partial charge in [0.25, 0.3) is 0 Å². The largest absolute Gasteiger partial charge is 0.416 e. The summed E-state index contributed by atoms with van der Waals surface area (Å²) in [5.41, 5.74) is 6.07. The molecule has 0 amide bonds. The van der Waals surface area contributed by atoms with Gasteiger partial charge in [-0.25, -0.2) is 4.68 Å². The van der Waals surface area contributed by atoms with Gasteiger partial charge in [0.1, 0.15) is 17.6 Å². The summed E-state index contributed by atoms with van der Waals surface area (Å²) in [6.45, 7) is 0. The van der Waals surface area contributed by atoms with E-state index in [2.05, 4.69) is 5.10 Å². The summed E-state index contributed by atoms with van der Waals surface area (Å²) in [7, 11) is 0. The standard InChI is InChI=1S/C17H9Cl2F3N4/c18-11-6-10(17(20,21)22)7-12(19)15(11)26-16(24)14(13(8-23)25-26)9-4-2-1-3-5-9/h1-7H,24H2. The molecule has 2 aromatic carbocycles. The van der Waals surface area contributed by atoms with Crippen molar-refractivity contribution in [2.24, 2.45) is 0 Å². The Hall–Kier alpha value is -2.69. The average molecular weight is 397 g/mol. The van der Waals surface area contributed by atoms with Crippen molar-refractivity contribution in [2.45, 2.75) is 6.18 Å². The minimum Gasteiger partial charge on any atom is -0.383 e. The van der Waals surface area contributed by atoms with Gasteiger partial charge in [0.05, 0.1) is 21.2 Å². The lowest BCUT2D eigenvalue weighted by Gasteiger charge is -2.13. The van der Waals surface area contributed by atoms with Crippen LogP contribution < -0.4 is 5.73 Å². The quantitative estimate of drug-likeness (QED) is 0.637. The Morgan fingerprint density at radius 3 is 2.15 bits per heavy atom. The number of nitrogens with zero attached hydrogens (tertiary/aromatic N) is 3. The Morgan fingerprint density at radius 2 is 1.65 bits per heavy atom. The Bertz CT molecular complexity index is 998. The van der Waals surface area contributed by atoms with Crippen molar-refractivity contribution in [3.8, 4) is 22.9 Å². The number of nitrogens with two attached hydrogens (primary N) is 1. The molecule has 0 spiro atoms. The van der Waals surface area contributed by atoms with Crippen LogP contribution in [0.1, 0.15) is 11.3 Å². The second-order valence-corrected chi connectivity index (χ2v) is 6.10. The third kappa shape index (κ3) is 3.09. The molecule has 26 heavy (non-hydrogen) atoms. The third-order valence-electron chi connectivity index (χ3n) is 3.65. The minimum absolute atomic E-state index is 0.000677. The maximum Gasteiger partial charge on any atom is 0.416 e. The summed E-state index contributed by atoms with van der Waals surface area (Å²) >= 11 is 12.0. The first-order valence-corrected chi connectivity index (χ1v) is 7.90. The van der Waals surface area contributed by atoms with Crippen LogP contribution in [0.3, 0.4) is 0 Å². The number of halogens is 5. The molecule has 0 bridgehead atoms. The number of anilines is 1. The number of rotatable bonds is 2. The number of nitriles is 1. The first kappa shape index (κ1) is 18.1. The van der Waals surface area contributed by atoms with E-state index in [1.807, 2.05) is 6.07 Å². The number of hydrogen-bond donors (Lipinski definition) is 1. The zero-order valence-corrected chi connectivity index (χ0v) is 14.4.